The Bertz CT molecular complexity index is 432. The first-order valence-electron chi connectivity index (χ1n) is 6.63. The van der Waals surface area contributed by atoms with E-state index in [0.717, 1.165) is 47.7 Å². The van der Waals surface area contributed by atoms with Gasteiger partial charge in [0.2, 0.25) is 0 Å². The summed E-state index contributed by atoms with van der Waals surface area (Å²) in [6.45, 7) is 4.20. The van der Waals surface area contributed by atoms with Crippen LogP contribution in [0, 0.1) is 5.92 Å². The molecule has 1 unspecified atom stereocenters. The van der Waals surface area contributed by atoms with Crippen LogP contribution in [0.1, 0.15) is 18.4 Å². The van der Waals surface area contributed by atoms with Crippen molar-refractivity contribution < 1.29 is 0 Å². The molecule has 1 saturated heterocycles. The highest BCUT2D eigenvalue weighted by atomic mass is 35.5. The molecule has 0 aromatic heterocycles. The minimum absolute atomic E-state index is 0.675. The van der Waals surface area contributed by atoms with E-state index in [-0.39, 0.29) is 0 Å². The molecule has 1 aromatic carbocycles. The molecule has 2 fully saturated rings. The third kappa shape index (κ3) is 2.83. The zero-order valence-corrected chi connectivity index (χ0v) is 11.8. The SMILES string of the molecule is Clc1ccc(Cl)c(CN2CCNCC2C2CC2)c1. The maximum absolute atomic E-state index is 6.26. The van der Waals surface area contributed by atoms with Gasteiger partial charge in [-0.3, -0.25) is 4.90 Å². The smallest absolute Gasteiger partial charge is 0.0452 e. The molecule has 0 spiro atoms. The van der Waals surface area contributed by atoms with Crippen molar-refractivity contribution in [3.05, 3.63) is 33.8 Å². The Balaban J connectivity index is 1.75. The van der Waals surface area contributed by atoms with Crippen LogP contribution in [0.3, 0.4) is 0 Å². The van der Waals surface area contributed by atoms with E-state index in [1.165, 1.54) is 12.8 Å². The molecule has 2 nitrogen and oxygen atoms in total. The van der Waals surface area contributed by atoms with E-state index in [9.17, 15) is 0 Å². The molecule has 18 heavy (non-hydrogen) atoms. The van der Waals surface area contributed by atoms with Gasteiger partial charge < -0.3 is 5.32 Å². The maximum Gasteiger partial charge on any atom is 0.0452 e. The van der Waals surface area contributed by atoms with Crippen molar-refractivity contribution in [2.75, 3.05) is 19.6 Å². The maximum atomic E-state index is 6.26. The lowest BCUT2D eigenvalue weighted by Gasteiger charge is -2.36. The number of hydrogen-bond acceptors (Lipinski definition) is 2. The summed E-state index contributed by atoms with van der Waals surface area (Å²) in [7, 11) is 0. The molecule has 1 heterocycles. The number of hydrogen-bond donors (Lipinski definition) is 1. The second-order valence-electron chi connectivity index (χ2n) is 5.32. The Hall–Kier alpha value is -0.280. The number of rotatable bonds is 3. The van der Waals surface area contributed by atoms with Crippen LogP contribution in [0.5, 0.6) is 0 Å². The van der Waals surface area contributed by atoms with Crippen molar-refractivity contribution in [2.24, 2.45) is 5.92 Å². The Morgan fingerprint density at radius 1 is 1.28 bits per heavy atom. The second kappa shape index (κ2) is 5.38. The van der Waals surface area contributed by atoms with Crippen LogP contribution in [-0.4, -0.2) is 30.6 Å². The van der Waals surface area contributed by atoms with Gasteiger partial charge in [-0.1, -0.05) is 23.2 Å². The second-order valence-corrected chi connectivity index (χ2v) is 6.16. The van der Waals surface area contributed by atoms with Crippen molar-refractivity contribution in [3.8, 4) is 0 Å². The fraction of sp³-hybridized carbons (Fsp3) is 0.571. The molecule has 98 valence electrons. The number of halogens is 2. The highest BCUT2D eigenvalue weighted by Gasteiger charge is 2.36. The van der Waals surface area contributed by atoms with Gasteiger partial charge in [-0.05, 0) is 42.5 Å². The van der Waals surface area contributed by atoms with Gasteiger partial charge in [-0.2, -0.15) is 0 Å². The van der Waals surface area contributed by atoms with Crippen molar-refractivity contribution in [3.63, 3.8) is 0 Å². The van der Waals surface area contributed by atoms with Crippen molar-refractivity contribution in [2.45, 2.75) is 25.4 Å². The predicted octanol–water partition coefficient (Wildman–Crippen LogP) is 3.18. The summed E-state index contributed by atoms with van der Waals surface area (Å²) in [5, 5.41) is 5.09. The van der Waals surface area contributed by atoms with E-state index >= 15 is 0 Å². The molecule has 1 aliphatic carbocycles. The summed E-state index contributed by atoms with van der Waals surface area (Å²) in [6.07, 6.45) is 2.76. The molecule has 1 atom stereocenters. The lowest BCUT2D eigenvalue weighted by Crippen LogP contribution is -2.51. The van der Waals surface area contributed by atoms with Crippen LogP contribution < -0.4 is 5.32 Å². The van der Waals surface area contributed by atoms with Gasteiger partial charge in [0.15, 0.2) is 0 Å². The van der Waals surface area contributed by atoms with Crippen molar-refractivity contribution >= 4 is 23.2 Å². The number of benzene rings is 1. The number of nitrogens with zero attached hydrogens (tertiary/aromatic N) is 1. The molecular formula is C14H18Cl2N2. The topological polar surface area (TPSA) is 15.3 Å². The quantitative estimate of drug-likeness (QED) is 0.917. The van der Waals surface area contributed by atoms with E-state index in [1.54, 1.807) is 0 Å². The van der Waals surface area contributed by atoms with Crippen LogP contribution in [-0.2, 0) is 6.54 Å². The van der Waals surface area contributed by atoms with E-state index in [1.807, 2.05) is 18.2 Å². The Morgan fingerprint density at radius 2 is 2.11 bits per heavy atom. The zero-order chi connectivity index (χ0) is 12.5. The van der Waals surface area contributed by atoms with Gasteiger partial charge in [-0.15, -0.1) is 0 Å². The standard InChI is InChI=1S/C14H18Cl2N2/c15-12-3-4-13(16)11(7-12)9-18-6-5-17-8-14(18)10-1-2-10/h3-4,7,10,14,17H,1-2,5-6,8-9H2. The molecule has 4 heteroatoms. The van der Waals surface area contributed by atoms with Crippen LogP contribution in [0.2, 0.25) is 10.0 Å². The summed E-state index contributed by atoms with van der Waals surface area (Å²) < 4.78 is 0. The van der Waals surface area contributed by atoms with Gasteiger partial charge >= 0.3 is 0 Å². The summed E-state index contributed by atoms with van der Waals surface area (Å²) in [5.41, 5.74) is 1.15. The Labute approximate surface area is 118 Å². The molecule has 2 aliphatic rings. The first-order chi connectivity index (χ1) is 8.74. The molecule has 0 radical (unpaired) electrons. The Kier molecular flexibility index (Phi) is 3.81. The van der Waals surface area contributed by atoms with Gasteiger partial charge in [0, 0.05) is 42.3 Å². The third-order valence-electron chi connectivity index (χ3n) is 3.95. The predicted molar refractivity (Wildman–Crippen MR) is 76.3 cm³/mol. The van der Waals surface area contributed by atoms with Gasteiger partial charge in [0.05, 0.1) is 0 Å². The van der Waals surface area contributed by atoms with Crippen LogP contribution >= 0.6 is 23.2 Å². The molecule has 1 N–H and O–H groups in total. The van der Waals surface area contributed by atoms with Crippen molar-refractivity contribution in [1.82, 2.24) is 10.2 Å². The van der Waals surface area contributed by atoms with Crippen molar-refractivity contribution in [1.29, 1.82) is 0 Å². The van der Waals surface area contributed by atoms with Crippen LogP contribution in [0.25, 0.3) is 0 Å². The largest absolute Gasteiger partial charge is 0.314 e. The molecule has 1 saturated carbocycles. The molecule has 3 rings (SSSR count). The fourth-order valence-electron chi connectivity index (χ4n) is 2.79. The monoisotopic (exact) mass is 284 g/mol. The number of nitrogens with one attached hydrogen (secondary N) is 1. The molecule has 1 aromatic rings. The van der Waals surface area contributed by atoms with Crippen LogP contribution in [0.15, 0.2) is 18.2 Å². The molecule has 0 amide bonds. The highest BCUT2D eigenvalue weighted by Crippen LogP contribution is 2.36. The van der Waals surface area contributed by atoms with E-state index in [2.05, 4.69) is 10.2 Å². The zero-order valence-electron chi connectivity index (χ0n) is 10.3. The van der Waals surface area contributed by atoms with E-state index in [0.29, 0.717) is 6.04 Å². The van der Waals surface area contributed by atoms with Gasteiger partial charge in [0.1, 0.15) is 0 Å². The normalized spacial score (nSPS) is 25.3. The first kappa shape index (κ1) is 12.7. The summed E-state index contributed by atoms with van der Waals surface area (Å²) in [5.74, 6) is 0.885. The Morgan fingerprint density at radius 3 is 2.89 bits per heavy atom. The lowest BCUT2D eigenvalue weighted by molar-refractivity contribution is 0.136. The highest BCUT2D eigenvalue weighted by molar-refractivity contribution is 6.33. The molecule has 1 aliphatic heterocycles. The fourth-order valence-corrected chi connectivity index (χ4v) is 3.16. The third-order valence-corrected chi connectivity index (χ3v) is 4.55. The molecule has 0 bridgehead atoms. The molecular weight excluding hydrogens is 267 g/mol. The first-order valence-corrected chi connectivity index (χ1v) is 7.38. The minimum atomic E-state index is 0.675. The van der Waals surface area contributed by atoms with Gasteiger partial charge in [0.25, 0.3) is 0 Å². The van der Waals surface area contributed by atoms with Gasteiger partial charge in [-0.25, -0.2) is 0 Å². The number of piperazine rings is 1. The van der Waals surface area contributed by atoms with Crippen LogP contribution in [0.4, 0.5) is 0 Å². The summed E-state index contributed by atoms with van der Waals surface area (Å²) in [4.78, 5) is 2.56. The summed E-state index contributed by atoms with van der Waals surface area (Å²) >= 11 is 12.3. The summed E-state index contributed by atoms with van der Waals surface area (Å²) in [6, 6.07) is 6.42. The van der Waals surface area contributed by atoms with E-state index in [4.69, 9.17) is 23.2 Å². The van der Waals surface area contributed by atoms with E-state index < -0.39 is 0 Å². The average Bonchev–Trinajstić information content (AvgIpc) is 3.19. The minimum Gasteiger partial charge on any atom is -0.314 e. The average molecular weight is 285 g/mol. The lowest BCUT2D eigenvalue weighted by atomic mass is 10.1.